The molecule has 1 unspecified atom stereocenters. The molecule has 0 aliphatic carbocycles. The third kappa shape index (κ3) is 4.73. The van der Waals surface area contributed by atoms with Gasteiger partial charge in [0.05, 0.1) is 0 Å². The molecule has 1 N–H and O–H groups in total. The Morgan fingerprint density at radius 3 is 2.29 bits per heavy atom. The minimum atomic E-state index is -0.463. The minimum absolute atomic E-state index is 0.335. The third-order valence-corrected chi connectivity index (χ3v) is 4.43. The van der Waals surface area contributed by atoms with Gasteiger partial charge in [0.15, 0.2) is 0 Å². The van der Waals surface area contributed by atoms with Crippen molar-refractivity contribution in [1.29, 1.82) is 0 Å². The lowest BCUT2D eigenvalue weighted by atomic mass is 10.2. The van der Waals surface area contributed by atoms with E-state index in [4.69, 9.17) is 4.74 Å². The van der Waals surface area contributed by atoms with E-state index in [1.807, 2.05) is 37.3 Å². The van der Waals surface area contributed by atoms with Crippen LogP contribution in [0.25, 0.3) is 0 Å². The number of ether oxygens (including phenoxy) is 1. The predicted octanol–water partition coefficient (Wildman–Crippen LogP) is 2.56. The minimum Gasteiger partial charge on any atom is -0.491 e. The summed E-state index contributed by atoms with van der Waals surface area (Å²) in [5, 5.41) is 10.2. The highest BCUT2D eigenvalue weighted by molar-refractivity contribution is 5.46. The van der Waals surface area contributed by atoms with E-state index >= 15 is 0 Å². The van der Waals surface area contributed by atoms with Crippen LogP contribution in [-0.2, 0) is 0 Å². The smallest absolute Gasteiger partial charge is 0.119 e. The maximum absolute atomic E-state index is 10.2. The van der Waals surface area contributed by atoms with Gasteiger partial charge in [-0.1, -0.05) is 35.9 Å². The van der Waals surface area contributed by atoms with Gasteiger partial charge in [-0.05, 0) is 31.2 Å². The topological polar surface area (TPSA) is 35.9 Å². The van der Waals surface area contributed by atoms with E-state index < -0.39 is 6.10 Å². The van der Waals surface area contributed by atoms with E-state index in [0.717, 1.165) is 31.9 Å². The summed E-state index contributed by atoms with van der Waals surface area (Å²) in [4.78, 5) is 4.70. The van der Waals surface area contributed by atoms with Crippen LogP contribution in [0.3, 0.4) is 0 Å². The zero-order valence-corrected chi connectivity index (χ0v) is 14.3. The van der Waals surface area contributed by atoms with Gasteiger partial charge in [-0.3, -0.25) is 4.90 Å². The van der Waals surface area contributed by atoms with Gasteiger partial charge in [0.25, 0.3) is 0 Å². The zero-order valence-electron chi connectivity index (χ0n) is 14.3. The van der Waals surface area contributed by atoms with E-state index in [1.165, 1.54) is 11.3 Å². The Hall–Kier alpha value is -2.04. The van der Waals surface area contributed by atoms with Crippen molar-refractivity contribution in [2.24, 2.45) is 0 Å². The number of aryl methyl sites for hydroxylation is 1. The number of rotatable bonds is 6. The summed E-state index contributed by atoms with van der Waals surface area (Å²) < 4.78 is 5.67. The summed E-state index contributed by atoms with van der Waals surface area (Å²) in [7, 11) is 0. The van der Waals surface area contributed by atoms with Gasteiger partial charge in [-0.2, -0.15) is 0 Å². The summed E-state index contributed by atoms with van der Waals surface area (Å²) in [5.41, 5.74) is 2.49. The highest BCUT2D eigenvalue weighted by Crippen LogP contribution is 2.16. The van der Waals surface area contributed by atoms with Crippen LogP contribution in [0, 0.1) is 6.92 Å². The molecule has 0 amide bonds. The highest BCUT2D eigenvalue weighted by atomic mass is 16.5. The van der Waals surface area contributed by atoms with Gasteiger partial charge in [0, 0.05) is 38.4 Å². The van der Waals surface area contributed by atoms with Crippen molar-refractivity contribution >= 4 is 5.69 Å². The fraction of sp³-hybridized carbons (Fsp3) is 0.400. The Labute approximate surface area is 144 Å². The van der Waals surface area contributed by atoms with E-state index in [-0.39, 0.29) is 0 Å². The number of nitrogens with zero attached hydrogens (tertiary/aromatic N) is 2. The molecule has 24 heavy (non-hydrogen) atoms. The lowest BCUT2D eigenvalue weighted by Gasteiger charge is -2.36. The maximum atomic E-state index is 10.2. The quantitative estimate of drug-likeness (QED) is 0.885. The molecule has 1 fully saturated rings. The number of para-hydroxylation sites is 1. The van der Waals surface area contributed by atoms with Crippen molar-refractivity contribution in [2.75, 3.05) is 44.2 Å². The molecule has 3 rings (SSSR count). The zero-order chi connectivity index (χ0) is 16.8. The number of aliphatic hydroxyl groups excluding tert-OH is 1. The summed E-state index contributed by atoms with van der Waals surface area (Å²) >= 11 is 0. The number of β-amino-alcohol motifs (C(OH)–C–C–N with tert-alkyl or cyclic N) is 1. The van der Waals surface area contributed by atoms with E-state index in [2.05, 4.69) is 34.1 Å². The van der Waals surface area contributed by atoms with Gasteiger partial charge >= 0.3 is 0 Å². The van der Waals surface area contributed by atoms with Crippen LogP contribution in [0.1, 0.15) is 5.56 Å². The van der Waals surface area contributed by atoms with Gasteiger partial charge in [-0.25, -0.2) is 0 Å². The first-order chi connectivity index (χ1) is 11.7. The number of piperazine rings is 1. The van der Waals surface area contributed by atoms with Crippen molar-refractivity contribution in [2.45, 2.75) is 13.0 Å². The largest absolute Gasteiger partial charge is 0.491 e. The van der Waals surface area contributed by atoms with Crippen molar-refractivity contribution in [1.82, 2.24) is 4.90 Å². The number of aliphatic hydroxyl groups is 1. The van der Waals surface area contributed by atoms with Crippen LogP contribution in [0.4, 0.5) is 5.69 Å². The molecule has 1 aliphatic heterocycles. The molecule has 0 spiro atoms. The van der Waals surface area contributed by atoms with E-state index in [9.17, 15) is 5.11 Å². The standard InChI is InChI=1S/C20H26N2O2/c1-17-7-9-20(10-8-17)24-16-19(23)15-21-11-13-22(14-12-21)18-5-3-2-4-6-18/h2-10,19,23H,11-16H2,1H3. The summed E-state index contributed by atoms with van der Waals surface area (Å²) in [5.74, 6) is 0.813. The molecule has 1 heterocycles. The molecule has 1 saturated heterocycles. The second-order valence-electron chi connectivity index (χ2n) is 6.40. The first kappa shape index (κ1) is 16.8. The van der Waals surface area contributed by atoms with Crippen LogP contribution < -0.4 is 9.64 Å². The van der Waals surface area contributed by atoms with Crippen LogP contribution in [0.5, 0.6) is 5.75 Å². The Morgan fingerprint density at radius 1 is 0.958 bits per heavy atom. The first-order valence-electron chi connectivity index (χ1n) is 8.60. The fourth-order valence-electron chi connectivity index (χ4n) is 3.01. The molecule has 1 atom stereocenters. The second-order valence-corrected chi connectivity index (χ2v) is 6.40. The number of benzene rings is 2. The van der Waals surface area contributed by atoms with Gasteiger partial charge < -0.3 is 14.7 Å². The lowest BCUT2D eigenvalue weighted by Crippen LogP contribution is -2.49. The van der Waals surface area contributed by atoms with Gasteiger partial charge in [0.2, 0.25) is 0 Å². The normalized spacial score (nSPS) is 16.8. The summed E-state index contributed by atoms with van der Waals surface area (Å²) in [6.45, 7) is 6.97. The van der Waals surface area contributed by atoms with Crippen LogP contribution >= 0.6 is 0 Å². The summed E-state index contributed by atoms with van der Waals surface area (Å²) in [6.07, 6.45) is -0.463. The lowest BCUT2D eigenvalue weighted by molar-refractivity contribution is 0.0663. The van der Waals surface area contributed by atoms with Crippen molar-refractivity contribution in [3.05, 3.63) is 60.2 Å². The Morgan fingerprint density at radius 2 is 1.62 bits per heavy atom. The molecule has 0 radical (unpaired) electrons. The molecular weight excluding hydrogens is 300 g/mol. The van der Waals surface area contributed by atoms with Crippen molar-refractivity contribution in [3.63, 3.8) is 0 Å². The molecule has 0 saturated carbocycles. The molecule has 2 aromatic carbocycles. The fourth-order valence-corrected chi connectivity index (χ4v) is 3.01. The van der Waals surface area contributed by atoms with E-state index in [0.29, 0.717) is 13.2 Å². The first-order valence-corrected chi connectivity index (χ1v) is 8.60. The molecule has 4 nitrogen and oxygen atoms in total. The van der Waals surface area contributed by atoms with Crippen LogP contribution in [0.15, 0.2) is 54.6 Å². The molecular formula is C20H26N2O2. The predicted molar refractivity (Wildman–Crippen MR) is 97.8 cm³/mol. The molecule has 128 valence electrons. The summed E-state index contributed by atoms with van der Waals surface area (Å²) in [6, 6.07) is 18.4. The average molecular weight is 326 g/mol. The Kier molecular flexibility index (Phi) is 5.72. The monoisotopic (exact) mass is 326 g/mol. The highest BCUT2D eigenvalue weighted by Gasteiger charge is 2.19. The number of anilines is 1. The average Bonchev–Trinajstić information content (AvgIpc) is 2.63. The van der Waals surface area contributed by atoms with Crippen LogP contribution in [-0.4, -0.2) is 55.4 Å². The molecule has 0 aromatic heterocycles. The SMILES string of the molecule is Cc1ccc(OCC(O)CN2CCN(c3ccccc3)CC2)cc1. The maximum Gasteiger partial charge on any atom is 0.119 e. The van der Waals surface area contributed by atoms with Crippen LogP contribution in [0.2, 0.25) is 0 Å². The van der Waals surface area contributed by atoms with E-state index in [1.54, 1.807) is 0 Å². The van der Waals surface area contributed by atoms with Gasteiger partial charge in [0.1, 0.15) is 18.5 Å². The van der Waals surface area contributed by atoms with Gasteiger partial charge in [-0.15, -0.1) is 0 Å². The third-order valence-electron chi connectivity index (χ3n) is 4.43. The molecule has 4 heteroatoms. The Bertz CT molecular complexity index is 607. The Balaban J connectivity index is 1.40. The molecule has 0 bridgehead atoms. The van der Waals surface area contributed by atoms with Crippen molar-refractivity contribution < 1.29 is 9.84 Å². The number of hydrogen-bond acceptors (Lipinski definition) is 4. The molecule has 2 aromatic rings. The molecule has 1 aliphatic rings. The number of hydrogen-bond donors (Lipinski definition) is 1. The van der Waals surface area contributed by atoms with Crippen molar-refractivity contribution in [3.8, 4) is 5.75 Å². The second kappa shape index (κ2) is 8.18.